The lowest BCUT2D eigenvalue weighted by atomic mass is 9.98. The van der Waals surface area contributed by atoms with Crippen molar-refractivity contribution >= 4 is 11.7 Å². The van der Waals surface area contributed by atoms with Crippen molar-refractivity contribution in [3.8, 4) is 11.5 Å². The van der Waals surface area contributed by atoms with Crippen molar-refractivity contribution < 1.29 is 19.0 Å². The summed E-state index contributed by atoms with van der Waals surface area (Å²) in [6, 6.07) is 5.22. The highest BCUT2D eigenvalue weighted by atomic mass is 16.5. The molecule has 0 aliphatic carbocycles. The van der Waals surface area contributed by atoms with Gasteiger partial charge in [0.05, 0.1) is 20.8 Å². The van der Waals surface area contributed by atoms with Gasteiger partial charge in [-0.25, -0.2) is 4.79 Å². The number of carbonyl (C=O) groups is 1. The highest BCUT2D eigenvalue weighted by Crippen LogP contribution is 2.26. The van der Waals surface area contributed by atoms with E-state index in [1.54, 1.807) is 38.5 Å². The number of anilines is 1. The van der Waals surface area contributed by atoms with Crippen LogP contribution < -0.4 is 14.8 Å². The molecule has 0 radical (unpaired) electrons. The van der Waals surface area contributed by atoms with Gasteiger partial charge < -0.3 is 24.4 Å². The lowest BCUT2D eigenvalue weighted by Gasteiger charge is -2.31. The number of piperidine rings is 1. The van der Waals surface area contributed by atoms with Gasteiger partial charge in [-0.15, -0.1) is 6.58 Å². The second kappa shape index (κ2) is 9.17. The van der Waals surface area contributed by atoms with Gasteiger partial charge in [0.2, 0.25) is 0 Å². The third kappa shape index (κ3) is 5.16. The van der Waals surface area contributed by atoms with Crippen molar-refractivity contribution in [2.24, 2.45) is 5.92 Å². The summed E-state index contributed by atoms with van der Waals surface area (Å²) in [7, 11) is 3.17. The van der Waals surface area contributed by atoms with Crippen molar-refractivity contribution in [2.45, 2.75) is 12.8 Å². The maximum absolute atomic E-state index is 12.4. The molecule has 0 bridgehead atoms. The number of hydrogen-bond acceptors (Lipinski definition) is 4. The molecule has 1 aliphatic heterocycles. The summed E-state index contributed by atoms with van der Waals surface area (Å²) in [6.45, 7) is 6.41. The van der Waals surface area contributed by atoms with E-state index >= 15 is 0 Å². The molecule has 132 valence electrons. The third-order valence-corrected chi connectivity index (χ3v) is 4.09. The van der Waals surface area contributed by atoms with E-state index in [4.69, 9.17) is 14.2 Å². The van der Waals surface area contributed by atoms with Crippen LogP contribution in [0.15, 0.2) is 30.9 Å². The van der Waals surface area contributed by atoms with Crippen LogP contribution in [0.2, 0.25) is 0 Å². The van der Waals surface area contributed by atoms with Gasteiger partial charge in [0.1, 0.15) is 11.5 Å². The molecule has 24 heavy (non-hydrogen) atoms. The Bertz CT molecular complexity index is 532. The molecule has 0 unspecified atom stereocenters. The average molecular weight is 334 g/mol. The van der Waals surface area contributed by atoms with E-state index in [9.17, 15) is 4.79 Å². The fourth-order valence-corrected chi connectivity index (χ4v) is 2.70. The first-order valence-corrected chi connectivity index (χ1v) is 8.14. The summed E-state index contributed by atoms with van der Waals surface area (Å²) >= 11 is 0. The van der Waals surface area contributed by atoms with Crippen LogP contribution in [-0.4, -0.2) is 51.5 Å². The van der Waals surface area contributed by atoms with Crippen LogP contribution in [0.1, 0.15) is 12.8 Å². The Morgan fingerprint density at radius 3 is 2.42 bits per heavy atom. The SMILES string of the molecule is C=CCOCC1CCN(C(=O)Nc2cc(OC)cc(OC)c2)CC1. The monoisotopic (exact) mass is 334 g/mol. The molecule has 1 fully saturated rings. The van der Waals surface area contributed by atoms with E-state index in [-0.39, 0.29) is 6.03 Å². The Balaban J connectivity index is 1.86. The number of likely N-dealkylation sites (tertiary alicyclic amines) is 1. The minimum absolute atomic E-state index is 0.101. The fourth-order valence-electron chi connectivity index (χ4n) is 2.70. The zero-order valence-electron chi connectivity index (χ0n) is 14.4. The Labute approximate surface area is 143 Å². The van der Waals surface area contributed by atoms with Crippen molar-refractivity contribution in [1.82, 2.24) is 4.90 Å². The number of nitrogens with one attached hydrogen (secondary N) is 1. The number of nitrogens with zero attached hydrogens (tertiary/aromatic N) is 1. The first-order valence-electron chi connectivity index (χ1n) is 8.14. The van der Waals surface area contributed by atoms with Gasteiger partial charge in [0.25, 0.3) is 0 Å². The quantitative estimate of drug-likeness (QED) is 0.615. The second-order valence-corrected chi connectivity index (χ2v) is 5.79. The second-order valence-electron chi connectivity index (χ2n) is 5.79. The molecular formula is C18H26N2O4. The van der Waals surface area contributed by atoms with Crippen molar-refractivity contribution in [1.29, 1.82) is 0 Å². The topological polar surface area (TPSA) is 60.0 Å². The maximum atomic E-state index is 12.4. The van der Waals surface area contributed by atoms with E-state index < -0.39 is 0 Å². The molecule has 1 saturated heterocycles. The molecule has 6 heteroatoms. The predicted octanol–water partition coefficient (Wildman–Crippen LogP) is 3.15. The molecule has 1 heterocycles. The largest absolute Gasteiger partial charge is 0.497 e. The number of amides is 2. The van der Waals surface area contributed by atoms with Crippen LogP contribution >= 0.6 is 0 Å². The summed E-state index contributed by atoms with van der Waals surface area (Å²) in [4.78, 5) is 14.3. The Morgan fingerprint density at radius 1 is 1.25 bits per heavy atom. The molecule has 1 aromatic carbocycles. The molecule has 0 atom stereocenters. The molecule has 2 amide bonds. The van der Waals surface area contributed by atoms with Crippen molar-refractivity contribution in [2.75, 3.05) is 45.8 Å². The van der Waals surface area contributed by atoms with Gasteiger partial charge in [-0.3, -0.25) is 0 Å². The molecule has 1 aromatic rings. The summed E-state index contributed by atoms with van der Waals surface area (Å²) < 4.78 is 15.9. The van der Waals surface area contributed by atoms with E-state index in [0.29, 0.717) is 29.7 Å². The zero-order chi connectivity index (χ0) is 17.4. The fraction of sp³-hybridized carbons (Fsp3) is 0.500. The standard InChI is InChI=1S/C18H26N2O4/c1-4-9-24-13-14-5-7-20(8-6-14)18(21)19-15-10-16(22-2)12-17(11-15)23-3/h4,10-12,14H,1,5-9,13H2,2-3H3,(H,19,21). The van der Waals surface area contributed by atoms with Gasteiger partial charge in [-0.1, -0.05) is 6.08 Å². The molecular weight excluding hydrogens is 308 g/mol. The normalized spacial score (nSPS) is 15.0. The number of rotatable bonds is 7. The van der Waals surface area contributed by atoms with Gasteiger partial charge in [0, 0.05) is 43.6 Å². The summed E-state index contributed by atoms with van der Waals surface area (Å²) in [5, 5.41) is 2.91. The predicted molar refractivity (Wildman–Crippen MR) is 93.9 cm³/mol. The first-order chi connectivity index (χ1) is 11.7. The Kier molecular flexibility index (Phi) is 6.93. The lowest BCUT2D eigenvalue weighted by Crippen LogP contribution is -2.41. The van der Waals surface area contributed by atoms with Gasteiger partial charge in [0.15, 0.2) is 0 Å². The number of benzene rings is 1. The van der Waals surface area contributed by atoms with Crippen LogP contribution in [0.4, 0.5) is 10.5 Å². The van der Waals surface area contributed by atoms with Crippen LogP contribution in [0.3, 0.4) is 0 Å². The maximum Gasteiger partial charge on any atom is 0.321 e. The van der Waals surface area contributed by atoms with E-state index in [0.717, 1.165) is 32.5 Å². The third-order valence-electron chi connectivity index (χ3n) is 4.09. The van der Waals surface area contributed by atoms with Gasteiger partial charge in [-0.05, 0) is 18.8 Å². The van der Waals surface area contributed by atoms with E-state index in [2.05, 4.69) is 11.9 Å². The molecule has 1 N–H and O–H groups in total. The van der Waals surface area contributed by atoms with Crippen LogP contribution in [-0.2, 0) is 4.74 Å². The highest BCUT2D eigenvalue weighted by molar-refractivity contribution is 5.89. The molecule has 0 saturated carbocycles. The smallest absolute Gasteiger partial charge is 0.321 e. The van der Waals surface area contributed by atoms with Gasteiger partial charge in [-0.2, -0.15) is 0 Å². The molecule has 1 aliphatic rings. The van der Waals surface area contributed by atoms with Crippen LogP contribution in [0.25, 0.3) is 0 Å². The minimum atomic E-state index is -0.101. The Morgan fingerprint density at radius 2 is 1.88 bits per heavy atom. The number of ether oxygens (including phenoxy) is 3. The molecule has 2 rings (SSSR count). The van der Waals surface area contributed by atoms with E-state index in [1.165, 1.54) is 0 Å². The number of hydrogen-bond donors (Lipinski definition) is 1. The highest BCUT2D eigenvalue weighted by Gasteiger charge is 2.23. The van der Waals surface area contributed by atoms with Crippen LogP contribution in [0.5, 0.6) is 11.5 Å². The van der Waals surface area contributed by atoms with Crippen molar-refractivity contribution in [3.05, 3.63) is 30.9 Å². The summed E-state index contributed by atoms with van der Waals surface area (Å²) in [5.41, 5.74) is 0.660. The van der Waals surface area contributed by atoms with Crippen LogP contribution in [0, 0.1) is 5.92 Å². The first kappa shape index (κ1) is 18.1. The Hall–Kier alpha value is -2.21. The number of methoxy groups -OCH3 is 2. The number of urea groups is 1. The lowest BCUT2D eigenvalue weighted by molar-refractivity contribution is 0.0906. The summed E-state index contributed by atoms with van der Waals surface area (Å²) in [6.07, 6.45) is 3.66. The van der Waals surface area contributed by atoms with E-state index in [1.807, 2.05) is 4.90 Å². The van der Waals surface area contributed by atoms with Crippen molar-refractivity contribution in [3.63, 3.8) is 0 Å². The number of carbonyl (C=O) groups excluding carboxylic acids is 1. The molecule has 6 nitrogen and oxygen atoms in total. The molecule has 0 aromatic heterocycles. The zero-order valence-corrected chi connectivity index (χ0v) is 14.4. The molecule has 0 spiro atoms. The van der Waals surface area contributed by atoms with Gasteiger partial charge >= 0.3 is 6.03 Å². The average Bonchev–Trinajstić information content (AvgIpc) is 2.62. The minimum Gasteiger partial charge on any atom is -0.497 e. The summed E-state index contributed by atoms with van der Waals surface area (Å²) in [5.74, 6) is 1.79.